The Hall–Kier alpha value is -3.61. The second-order valence-corrected chi connectivity index (χ2v) is 5.94. The highest BCUT2D eigenvalue weighted by Crippen LogP contribution is 2.21. The number of allylic oxidation sites excluding steroid dienone is 1. The van der Waals surface area contributed by atoms with Crippen molar-refractivity contribution < 1.29 is 18.8 Å². The van der Waals surface area contributed by atoms with Crippen LogP contribution in [0.5, 0.6) is 11.5 Å². The molecule has 1 N–H and O–H groups in total. The number of rotatable bonds is 8. The van der Waals surface area contributed by atoms with Gasteiger partial charge in [-0.15, -0.1) is 6.58 Å². The molecule has 0 aliphatic carbocycles. The molecule has 28 heavy (non-hydrogen) atoms. The molecule has 0 radical (unpaired) electrons. The molecule has 3 rings (SSSR count). The van der Waals surface area contributed by atoms with Gasteiger partial charge >= 0.3 is 0 Å². The highest BCUT2D eigenvalue weighted by Gasteiger charge is 2.13. The van der Waals surface area contributed by atoms with Gasteiger partial charge in [-0.1, -0.05) is 11.2 Å². The molecule has 0 atom stereocenters. The molecular weight excluding hydrogens is 358 g/mol. The fraction of sp³-hybridized carbons (Fsp3) is 0.190. The summed E-state index contributed by atoms with van der Waals surface area (Å²) in [5, 5.41) is 6.73. The second kappa shape index (κ2) is 8.85. The summed E-state index contributed by atoms with van der Waals surface area (Å²) < 4.78 is 15.7. The average Bonchev–Trinajstić information content (AvgIpc) is 3.21. The van der Waals surface area contributed by atoms with Crippen molar-refractivity contribution in [1.82, 2.24) is 15.5 Å². The largest absolute Gasteiger partial charge is 0.497 e. The number of benzene rings is 2. The predicted molar refractivity (Wildman–Crippen MR) is 104 cm³/mol. The molecule has 0 spiro atoms. The number of carbonyl (C=O) groups excluding carboxylic acids is 1. The van der Waals surface area contributed by atoms with E-state index >= 15 is 0 Å². The molecule has 3 aromatic rings. The number of ether oxygens (including phenoxy) is 2. The van der Waals surface area contributed by atoms with E-state index in [1.165, 1.54) is 0 Å². The number of hydrogen-bond acceptors (Lipinski definition) is 6. The van der Waals surface area contributed by atoms with E-state index in [4.69, 9.17) is 14.0 Å². The van der Waals surface area contributed by atoms with E-state index in [1.54, 1.807) is 38.5 Å². The van der Waals surface area contributed by atoms with E-state index in [0.29, 0.717) is 23.7 Å². The van der Waals surface area contributed by atoms with Crippen molar-refractivity contribution in [1.29, 1.82) is 0 Å². The van der Waals surface area contributed by atoms with Crippen LogP contribution >= 0.6 is 0 Å². The third kappa shape index (κ3) is 4.37. The van der Waals surface area contributed by atoms with Gasteiger partial charge in [0.05, 0.1) is 20.8 Å². The van der Waals surface area contributed by atoms with E-state index in [9.17, 15) is 4.79 Å². The Balaban J connectivity index is 1.65. The van der Waals surface area contributed by atoms with Crippen LogP contribution in [0.3, 0.4) is 0 Å². The topological polar surface area (TPSA) is 86.5 Å². The first-order chi connectivity index (χ1) is 13.6. The third-order valence-electron chi connectivity index (χ3n) is 4.12. The van der Waals surface area contributed by atoms with Gasteiger partial charge in [-0.3, -0.25) is 4.79 Å². The lowest BCUT2D eigenvalue weighted by molar-refractivity contribution is 0.0946. The smallest absolute Gasteiger partial charge is 0.251 e. The standard InChI is InChI=1S/C21H21N3O4/c1-4-5-15-12-16(8-11-18(15)27-3)21(25)22-13-19-23-20(24-28-19)14-6-9-17(26-2)10-7-14/h4,6-12H,1,5,13H2,2-3H3,(H,22,25). The third-order valence-corrected chi connectivity index (χ3v) is 4.12. The Bertz CT molecular complexity index is 964. The number of nitrogens with one attached hydrogen (secondary N) is 1. The summed E-state index contributed by atoms with van der Waals surface area (Å²) in [6.45, 7) is 3.86. The van der Waals surface area contributed by atoms with Crippen LogP contribution in [0.15, 0.2) is 59.6 Å². The van der Waals surface area contributed by atoms with Crippen molar-refractivity contribution in [2.45, 2.75) is 13.0 Å². The van der Waals surface area contributed by atoms with Crippen molar-refractivity contribution in [3.05, 3.63) is 72.1 Å². The SMILES string of the molecule is C=CCc1cc(C(=O)NCc2nc(-c3ccc(OC)cc3)no2)ccc1OC. The van der Waals surface area contributed by atoms with Gasteiger partial charge in [-0.2, -0.15) is 4.98 Å². The predicted octanol–water partition coefficient (Wildman–Crippen LogP) is 3.41. The van der Waals surface area contributed by atoms with Crippen molar-refractivity contribution in [3.8, 4) is 22.9 Å². The lowest BCUT2D eigenvalue weighted by atomic mass is 10.1. The fourth-order valence-corrected chi connectivity index (χ4v) is 2.68. The average molecular weight is 379 g/mol. The summed E-state index contributed by atoms with van der Waals surface area (Å²) >= 11 is 0. The van der Waals surface area contributed by atoms with Gasteiger partial charge in [0, 0.05) is 11.1 Å². The van der Waals surface area contributed by atoms with Gasteiger partial charge in [0.1, 0.15) is 11.5 Å². The van der Waals surface area contributed by atoms with Gasteiger partial charge in [0.15, 0.2) is 0 Å². The maximum absolute atomic E-state index is 12.4. The molecule has 0 aliphatic rings. The first-order valence-corrected chi connectivity index (χ1v) is 8.67. The van der Waals surface area contributed by atoms with Gasteiger partial charge in [0.2, 0.25) is 11.7 Å². The number of hydrogen-bond donors (Lipinski definition) is 1. The Labute approximate surface area is 163 Å². The molecule has 0 bridgehead atoms. The van der Waals surface area contributed by atoms with Crippen LogP contribution in [-0.2, 0) is 13.0 Å². The van der Waals surface area contributed by atoms with E-state index in [2.05, 4.69) is 22.0 Å². The molecule has 0 unspecified atom stereocenters. The molecule has 0 saturated carbocycles. The van der Waals surface area contributed by atoms with E-state index in [-0.39, 0.29) is 12.5 Å². The molecule has 0 saturated heterocycles. The lowest BCUT2D eigenvalue weighted by Gasteiger charge is -2.09. The molecule has 1 amide bonds. The summed E-state index contributed by atoms with van der Waals surface area (Å²) in [5.74, 6) is 1.99. The monoisotopic (exact) mass is 379 g/mol. The van der Waals surface area contributed by atoms with Crippen molar-refractivity contribution in [3.63, 3.8) is 0 Å². The van der Waals surface area contributed by atoms with Gasteiger partial charge in [-0.25, -0.2) is 0 Å². The molecule has 1 aromatic heterocycles. The highest BCUT2D eigenvalue weighted by molar-refractivity contribution is 5.94. The molecular formula is C21H21N3O4. The minimum atomic E-state index is -0.239. The lowest BCUT2D eigenvalue weighted by Crippen LogP contribution is -2.23. The number of aromatic nitrogens is 2. The summed E-state index contributed by atoms with van der Waals surface area (Å²) in [6.07, 6.45) is 2.37. The highest BCUT2D eigenvalue weighted by atomic mass is 16.5. The summed E-state index contributed by atoms with van der Waals surface area (Å²) in [4.78, 5) is 16.7. The fourth-order valence-electron chi connectivity index (χ4n) is 2.68. The first-order valence-electron chi connectivity index (χ1n) is 8.67. The zero-order chi connectivity index (χ0) is 19.9. The molecule has 144 valence electrons. The van der Waals surface area contributed by atoms with E-state index < -0.39 is 0 Å². The van der Waals surface area contributed by atoms with Crippen LogP contribution in [0.1, 0.15) is 21.8 Å². The Morgan fingerprint density at radius 1 is 1.18 bits per heavy atom. The quantitative estimate of drug-likeness (QED) is 0.604. The second-order valence-electron chi connectivity index (χ2n) is 5.94. The Morgan fingerprint density at radius 3 is 2.64 bits per heavy atom. The minimum absolute atomic E-state index is 0.130. The van der Waals surface area contributed by atoms with Crippen LogP contribution < -0.4 is 14.8 Å². The molecule has 0 aliphatic heterocycles. The van der Waals surface area contributed by atoms with Crippen LogP contribution in [0, 0.1) is 0 Å². The van der Waals surface area contributed by atoms with Crippen LogP contribution in [0.2, 0.25) is 0 Å². The maximum Gasteiger partial charge on any atom is 0.251 e. The van der Waals surface area contributed by atoms with E-state index in [1.807, 2.05) is 24.3 Å². The molecule has 0 fully saturated rings. The van der Waals surface area contributed by atoms with Gasteiger partial charge in [-0.05, 0) is 54.4 Å². The zero-order valence-corrected chi connectivity index (χ0v) is 15.8. The van der Waals surface area contributed by atoms with Crippen molar-refractivity contribution in [2.75, 3.05) is 14.2 Å². The number of amides is 1. The molecule has 7 nitrogen and oxygen atoms in total. The Morgan fingerprint density at radius 2 is 1.96 bits per heavy atom. The summed E-state index contributed by atoms with van der Waals surface area (Å²) in [7, 11) is 3.20. The van der Waals surface area contributed by atoms with Crippen LogP contribution in [-0.4, -0.2) is 30.3 Å². The van der Waals surface area contributed by atoms with Gasteiger partial charge in [0.25, 0.3) is 5.91 Å². The zero-order valence-electron chi connectivity index (χ0n) is 15.8. The van der Waals surface area contributed by atoms with Crippen molar-refractivity contribution in [2.24, 2.45) is 0 Å². The van der Waals surface area contributed by atoms with E-state index in [0.717, 1.165) is 22.6 Å². The number of carbonyl (C=O) groups is 1. The maximum atomic E-state index is 12.4. The Kier molecular flexibility index (Phi) is 6.06. The molecule has 1 heterocycles. The van der Waals surface area contributed by atoms with Crippen LogP contribution in [0.25, 0.3) is 11.4 Å². The van der Waals surface area contributed by atoms with Gasteiger partial charge < -0.3 is 19.3 Å². The van der Waals surface area contributed by atoms with Crippen molar-refractivity contribution >= 4 is 5.91 Å². The number of nitrogens with zero attached hydrogens (tertiary/aromatic N) is 2. The summed E-state index contributed by atoms with van der Waals surface area (Å²) in [6, 6.07) is 12.6. The number of methoxy groups -OCH3 is 2. The van der Waals surface area contributed by atoms with Crippen LogP contribution in [0.4, 0.5) is 0 Å². The molecule has 2 aromatic carbocycles. The first kappa shape index (κ1) is 19.2. The summed E-state index contributed by atoms with van der Waals surface area (Å²) in [5.41, 5.74) is 2.21. The molecule has 7 heteroatoms. The minimum Gasteiger partial charge on any atom is -0.497 e. The normalized spacial score (nSPS) is 10.4.